The maximum absolute atomic E-state index is 12.6. The fourth-order valence-corrected chi connectivity index (χ4v) is 3.43. The van der Waals surface area contributed by atoms with Crippen LogP contribution < -0.4 is 4.90 Å². The minimum Gasteiger partial charge on any atom is -0.268 e. The van der Waals surface area contributed by atoms with Crippen molar-refractivity contribution in [3.63, 3.8) is 0 Å². The van der Waals surface area contributed by atoms with Crippen LogP contribution in [0.2, 0.25) is 0 Å². The zero-order valence-electron chi connectivity index (χ0n) is 13.5. The minimum atomic E-state index is -0.264. The van der Waals surface area contributed by atoms with Crippen LogP contribution >= 0.6 is 11.8 Å². The molecule has 0 aliphatic carbocycles. The number of thioether (sulfide) groups is 1. The average molecular weight is 335 g/mol. The van der Waals surface area contributed by atoms with Gasteiger partial charge in [-0.3, -0.25) is 9.59 Å². The molecule has 0 spiro atoms. The molecule has 2 aromatic rings. The van der Waals surface area contributed by atoms with E-state index in [1.165, 1.54) is 4.90 Å². The average Bonchev–Trinajstić information content (AvgIpc) is 2.83. The summed E-state index contributed by atoms with van der Waals surface area (Å²) in [4.78, 5) is 26.6. The van der Waals surface area contributed by atoms with Gasteiger partial charge in [-0.1, -0.05) is 54.6 Å². The third-order valence-corrected chi connectivity index (χ3v) is 4.57. The van der Waals surface area contributed by atoms with E-state index < -0.39 is 0 Å². The summed E-state index contributed by atoms with van der Waals surface area (Å²) in [6.45, 7) is 3.82. The molecule has 3 rings (SSSR count). The van der Waals surface area contributed by atoms with Crippen LogP contribution in [0.5, 0.6) is 0 Å². The van der Waals surface area contributed by atoms with E-state index in [4.69, 9.17) is 0 Å². The Kier molecular flexibility index (Phi) is 4.67. The number of amides is 2. The number of carbonyl (C=O) groups is 2. The third-order valence-electron chi connectivity index (χ3n) is 3.70. The summed E-state index contributed by atoms with van der Waals surface area (Å²) < 4.78 is 0. The number of rotatable bonds is 3. The minimum absolute atomic E-state index is 0.256. The number of anilines is 1. The van der Waals surface area contributed by atoms with E-state index in [9.17, 15) is 9.59 Å². The number of carbonyl (C=O) groups excluding carboxylic acids is 2. The van der Waals surface area contributed by atoms with E-state index in [0.717, 1.165) is 28.5 Å². The van der Waals surface area contributed by atoms with Crippen molar-refractivity contribution in [2.45, 2.75) is 13.8 Å². The second kappa shape index (κ2) is 6.89. The third kappa shape index (κ3) is 3.34. The van der Waals surface area contributed by atoms with Crippen LogP contribution in [0.15, 0.2) is 71.2 Å². The number of imide groups is 1. The molecule has 1 fully saturated rings. The molecule has 1 aliphatic heterocycles. The van der Waals surface area contributed by atoms with Crippen LogP contribution in [0.3, 0.4) is 0 Å². The van der Waals surface area contributed by atoms with Crippen molar-refractivity contribution < 1.29 is 9.59 Å². The molecule has 2 amide bonds. The van der Waals surface area contributed by atoms with Gasteiger partial charge in [0.25, 0.3) is 11.1 Å². The molecular formula is C20H17NO2S. The molecule has 0 bridgehead atoms. The summed E-state index contributed by atoms with van der Waals surface area (Å²) in [5, 5.41) is -0.256. The molecule has 0 radical (unpaired) electrons. The second-order valence-corrected chi connectivity index (χ2v) is 6.60. The zero-order chi connectivity index (χ0) is 17.1. The van der Waals surface area contributed by atoms with Gasteiger partial charge in [0.15, 0.2) is 0 Å². The standard InChI is InChI=1S/C20H17NO2S/c1-14(12-16-9-4-3-5-10-16)13-18-19(22)21(20(23)24-18)17-11-7-6-8-15(17)2/h3-13H,1-2H3/b14-12+,18-13-. The molecule has 0 aromatic heterocycles. The van der Waals surface area contributed by atoms with E-state index in [2.05, 4.69) is 0 Å². The Hall–Kier alpha value is -2.59. The summed E-state index contributed by atoms with van der Waals surface area (Å²) in [5.74, 6) is -0.264. The topological polar surface area (TPSA) is 37.4 Å². The lowest BCUT2D eigenvalue weighted by molar-refractivity contribution is -0.113. The number of hydrogen-bond acceptors (Lipinski definition) is 3. The first-order chi connectivity index (χ1) is 11.6. The van der Waals surface area contributed by atoms with E-state index in [1.807, 2.05) is 68.5 Å². The highest BCUT2D eigenvalue weighted by molar-refractivity contribution is 8.18. The summed E-state index contributed by atoms with van der Waals surface area (Å²) in [7, 11) is 0. The Labute approximate surface area is 145 Å². The molecule has 120 valence electrons. The van der Waals surface area contributed by atoms with E-state index >= 15 is 0 Å². The molecule has 4 heteroatoms. The normalized spacial score (nSPS) is 17.0. The van der Waals surface area contributed by atoms with Crippen LogP contribution in [0.4, 0.5) is 10.5 Å². The fraction of sp³-hybridized carbons (Fsp3) is 0.100. The first kappa shape index (κ1) is 16.3. The smallest absolute Gasteiger partial charge is 0.268 e. The molecule has 1 heterocycles. The molecule has 24 heavy (non-hydrogen) atoms. The number of nitrogens with zero attached hydrogens (tertiary/aromatic N) is 1. The van der Waals surface area contributed by atoms with Crippen LogP contribution in [-0.4, -0.2) is 11.1 Å². The lowest BCUT2D eigenvalue weighted by atomic mass is 10.1. The zero-order valence-corrected chi connectivity index (χ0v) is 14.3. The van der Waals surface area contributed by atoms with Gasteiger partial charge < -0.3 is 0 Å². The number of hydrogen-bond donors (Lipinski definition) is 0. The SMILES string of the molecule is CC(/C=C1\SC(=O)N(c2ccccc2C)C1=O)=C\c1ccccc1. The molecule has 3 nitrogen and oxygen atoms in total. The number of benzene rings is 2. The Morgan fingerprint density at radius 1 is 1.00 bits per heavy atom. The Balaban J connectivity index is 1.89. The molecule has 1 aliphatic rings. The van der Waals surface area contributed by atoms with Gasteiger partial charge in [-0.25, -0.2) is 4.90 Å². The number of allylic oxidation sites excluding steroid dienone is 2. The highest BCUT2D eigenvalue weighted by Gasteiger charge is 2.36. The van der Waals surface area contributed by atoms with Gasteiger partial charge in [-0.15, -0.1) is 0 Å². The highest BCUT2D eigenvalue weighted by Crippen LogP contribution is 2.36. The lowest BCUT2D eigenvalue weighted by Crippen LogP contribution is -2.28. The maximum atomic E-state index is 12.6. The van der Waals surface area contributed by atoms with Crippen LogP contribution in [0, 0.1) is 6.92 Å². The summed E-state index contributed by atoms with van der Waals surface area (Å²) >= 11 is 0.982. The highest BCUT2D eigenvalue weighted by atomic mass is 32.2. The number of para-hydroxylation sites is 1. The molecule has 2 aromatic carbocycles. The number of aryl methyl sites for hydroxylation is 1. The maximum Gasteiger partial charge on any atom is 0.298 e. The van der Waals surface area contributed by atoms with Crippen molar-refractivity contribution >= 4 is 34.7 Å². The van der Waals surface area contributed by atoms with Crippen LogP contribution in [-0.2, 0) is 4.79 Å². The van der Waals surface area contributed by atoms with Crippen molar-refractivity contribution in [3.05, 3.63) is 82.3 Å². The molecule has 1 saturated heterocycles. The Morgan fingerprint density at radius 2 is 1.67 bits per heavy atom. The van der Waals surface area contributed by atoms with Crippen LogP contribution in [0.1, 0.15) is 18.1 Å². The second-order valence-electron chi connectivity index (χ2n) is 5.60. The molecule has 0 atom stereocenters. The molecule has 0 saturated carbocycles. The van der Waals surface area contributed by atoms with Crippen LogP contribution in [0.25, 0.3) is 6.08 Å². The molecular weight excluding hydrogens is 318 g/mol. The van der Waals surface area contributed by atoms with Gasteiger partial charge in [-0.05, 0) is 54.5 Å². The van der Waals surface area contributed by atoms with Gasteiger partial charge in [0.05, 0.1) is 10.6 Å². The van der Waals surface area contributed by atoms with Gasteiger partial charge >= 0.3 is 0 Å². The fourth-order valence-electron chi connectivity index (χ4n) is 2.55. The Morgan fingerprint density at radius 3 is 2.38 bits per heavy atom. The first-order valence-corrected chi connectivity index (χ1v) is 8.45. The van der Waals surface area contributed by atoms with Crippen molar-refractivity contribution in [2.24, 2.45) is 0 Å². The summed E-state index contributed by atoms with van der Waals surface area (Å²) in [6, 6.07) is 17.3. The molecule has 0 unspecified atom stereocenters. The summed E-state index contributed by atoms with van der Waals surface area (Å²) in [5.41, 5.74) is 3.53. The van der Waals surface area contributed by atoms with Crippen molar-refractivity contribution in [1.29, 1.82) is 0 Å². The van der Waals surface area contributed by atoms with Gasteiger partial charge in [0.2, 0.25) is 0 Å². The largest absolute Gasteiger partial charge is 0.298 e. The first-order valence-electron chi connectivity index (χ1n) is 7.63. The van der Waals surface area contributed by atoms with E-state index in [0.29, 0.717) is 10.6 Å². The van der Waals surface area contributed by atoms with Gasteiger partial charge in [-0.2, -0.15) is 0 Å². The lowest BCUT2D eigenvalue weighted by Gasteiger charge is -2.14. The Bertz CT molecular complexity index is 853. The van der Waals surface area contributed by atoms with E-state index in [-0.39, 0.29) is 11.1 Å². The summed E-state index contributed by atoms with van der Waals surface area (Å²) in [6.07, 6.45) is 3.76. The van der Waals surface area contributed by atoms with Crippen molar-refractivity contribution in [2.75, 3.05) is 4.90 Å². The van der Waals surface area contributed by atoms with Crippen molar-refractivity contribution in [1.82, 2.24) is 0 Å². The van der Waals surface area contributed by atoms with Gasteiger partial charge in [0, 0.05) is 0 Å². The van der Waals surface area contributed by atoms with Crippen molar-refractivity contribution in [3.8, 4) is 0 Å². The van der Waals surface area contributed by atoms with E-state index in [1.54, 1.807) is 12.1 Å². The monoisotopic (exact) mass is 335 g/mol. The quantitative estimate of drug-likeness (QED) is 0.725. The predicted molar refractivity (Wildman–Crippen MR) is 99.8 cm³/mol. The molecule has 0 N–H and O–H groups in total. The predicted octanol–water partition coefficient (Wildman–Crippen LogP) is 5.18. The van der Waals surface area contributed by atoms with Gasteiger partial charge in [0.1, 0.15) is 0 Å².